The van der Waals surface area contributed by atoms with E-state index in [4.69, 9.17) is 4.43 Å². The van der Waals surface area contributed by atoms with Crippen LogP contribution in [0, 0.1) is 0 Å². The summed E-state index contributed by atoms with van der Waals surface area (Å²) in [5.41, 5.74) is 0. The second-order valence-corrected chi connectivity index (χ2v) is 14.3. The molecule has 0 radical (unpaired) electrons. The zero-order chi connectivity index (χ0) is 15.9. The van der Waals surface area contributed by atoms with E-state index in [1.165, 1.54) is 31.0 Å². The minimum Gasteiger partial charge on any atom is -0.544 e. The van der Waals surface area contributed by atoms with Crippen LogP contribution in [-0.4, -0.2) is 43.8 Å². The first-order valence-electron chi connectivity index (χ1n) is 8.42. The van der Waals surface area contributed by atoms with Gasteiger partial charge in [0.1, 0.15) is 5.75 Å². The Hall–Kier alpha value is -0.413. The number of rotatable bonds is 3. The quantitative estimate of drug-likeness (QED) is 0.612. The average Bonchev–Trinajstić information content (AvgIpc) is 2.71. The average molecular weight is 336 g/mol. The topological polar surface area (TPSA) is 15.7 Å². The van der Waals surface area contributed by atoms with Gasteiger partial charge in [-0.25, -0.2) is 0 Å². The van der Waals surface area contributed by atoms with Gasteiger partial charge >= 0.3 is 0 Å². The maximum Gasteiger partial charge on any atom is 0.242 e. The normalized spacial score (nSPS) is 27.9. The third-order valence-electron chi connectivity index (χ3n) is 4.75. The van der Waals surface area contributed by atoms with Gasteiger partial charge < -0.3 is 4.43 Å². The summed E-state index contributed by atoms with van der Waals surface area (Å²) in [6, 6.07) is 10.2. The van der Waals surface area contributed by atoms with E-state index in [0.29, 0.717) is 0 Å². The second kappa shape index (κ2) is 6.24. The smallest absolute Gasteiger partial charge is 0.242 e. The van der Waals surface area contributed by atoms with E-state index in [1.807, 2.05) is 0 Å². The van der Waals surface area contributed by atoms with Crippen molar-refractivity contribution in [1.29, 1.82) is 0 Å². The molecular weight excluding hydrogens is 307 g/mol. The first-order valence-corrected chi connectivity index (χ1v) is 13.1. The van der Waals surface area contributed by atoms with Crippen LogP contribution in [0.5, 0.6) is 5.75 Å². The summed E-state index contributed by atoms with van der Waals surface area (Å²) in [7, 11) is 2.63. The summed E-state index contributed by atoms with van der Waals surface area (Å²) in [5.74, 6) is 1.12. The molecule has 1 saturated carbocycles. The van der Waals surface area contributed by atoms with Crippen LogP contribution in [0.2, 0.25) is 19.6 Å². The molecule has 1 aromatic rings. The molecule has 0 aromatic heterocycles. The van der Waals surface area contributed by atoms with Crippen molar-refractivity contribution in [2.24, 2.45) is 0 Å². The first kappa shape index (κ1) is 16.4. The number of hydrogen-bond donors (Lipinski definition) is 0. The molecule has 0 N–H and O–H groups in total. The van der Waals surface area contributed by atoms with Gasteiger partial charge in [-0.3, -0.25) is 9.34 Å². The number of hydrogen-bond acceptors (Lipinski definition) is 3. The lowest BCUT2D eigenvalue weighted by Crippen LogP contribution is -2.37. The highest BCUT2D eigenvalue weighted by Gasteiger charge is 2.45. The Labute approximate surface area is 137 Å². The van der Waals surface area contributed by atoms with Gasteiger partial charge in [0.25, 0.3) is 0 Å². The molecule has 3 nitrogen and oxygen atoms in total. The van der Waals surface area contributed by atoms with E-state index in [-0.39, 0.29) is 0 Å². The van der Waals surface area contributed by atoms with Crippen molar-refractivity contribution in [3.8, 4) is 5.75 Å². The fraction of sp³-hybridized carbons (Fsp3) is 0.647. The summed E-state index contributed by atoms with van der Waals surface area (Å²) in [5, 5.41) is 1.40. The molecule has 1 saturated heterocycles. The fourth-order valence-electron chi connectivity index (χ4n) is 3.85. The Morgan fingerprint density at radius 1 is 1.00 bits per heavy atom. The van der Waals surface area contributed by atoms with Crippen LogP contribution < -0.4 is 9.73 Å². The van der Waals surface area contributed by atoms with Crippen molar-refractivity contribution in [1.82, 2.24) is 9.34 Å². The summed E-state index contributed by atoms with van der Waals surface area (Å²) in [4.78, 5) is 0. The Morgan fingerprint density at radius 2 is 1.55 bits per heavy atom. The van der Waals surface area contributed by atoms with E-state index in [0.717, 1.165) is 17.8 Å². The molecular formula is C17H29N2OPSi. The van der Waals surface area contributed by atoms with Crippen LogP contribution in [0.15, 0.2) is 24.3 Å². The molecule has 22 heavy (non-hydrogen) atoms. The predicted molar refractivity (Wildman–Crippen MR) is 98.5 cm³/mol. The first-order chi connectivity index (χ1) is 10.4. The predicted octanol–water partition coefficient (Wildman–Crippen LogP) is 4.03. The van der Waals surface area contributed by atoms with Gasteiger partial charge in [-0.2, -0.15) is 0 Å². The molecule has 0 unspecified atom stereocenters. The van der Waals surface area contributed by atoms with Crippen LogP contribution in [0.4, 0.5) is 0 Å². The summed E-state index contributed by atoms with van der Waals surface area (Å²) >= 11 is 0. The van der Waals surface area contributed by atoms with Crippen LogP contribution in [0.25, 0.3) is 0 Å². The van der Waals surface area contributed by atoms with Gasteiger partial charge in [0.05, 0.1) is 8.22 Å². The molecule has 1 heterocycles. The lowest BCUT2D eigenvalue weighted by Gasteiger charge is -2.30. The molecule has 2 fully saturated rings. The lowest BCUT2D eigenvalue weighted by molar-refractivity contribution is 0.233. The number of benzene rings is 1. The van der Waals surface area contributed by atoms with Crippen molar-refractivity contribution in [3.05, 3.63) is 24.3 Å². The summed E-state index contributed by atoms with van der Waals surface area (Å²) in [6.45, 7) is 6.79. The molecule has 3 rings (SSSR count). The highest BCUT2D eigenvalue weighted by atomic mass is 31.1. The maximum atomic E-state index is 6.40. The van der Waals surface area contributed by atoms with Crippen molar-refractivity contribution >= 4 is 21.8 Å². The molecule has 2 atom stereocenters. The summed E-state index contributed by atoms with van der Waals surface area (Å²) < 4.78 is 11.7. The maximum absolute atomic E-state index is 6.40. The Kier molecular flexibility index (Phi) is 4.66. The van der Waals surface area contributed by atoms with Crippen molar-refractivity contribution in [2.75, 3.05) is 14.1 Å². The Morgan fingerprint density at radius 3 is 2.09 bits per heavy atom. The molecule has 1 aliphatic carbocycles. The van der Waals surface area contributed by atoms with Gasteiger partial charge in [-0.1, -0.05) is 25.0 Å². The second-order valence-electron chi connectivity index (χ2n) is 7.54. The summed E-state index contributed by atoms with van der Waals surface area (Å²) in [6.07, 6.45) is 5.47. The van der Waals surface area contributed by atoms with Crippen LogP contribution in [0.1, 0.15) is 25.7 Å². The number of fused-ring (bicyclic) bond motifs is 1. The number of nitrogens with zero attached hydrogens (tertiary/aromatic N) is 2. The molecule has 2 aliphatic rings. The molecule has 5 heteroatoms. The highest BCUT2D eigenvalue weighted by molar-refractivity contribution is 7.61. The van der Waals surface area contributed by atoms with E-state index in [1.54, 1.807) is 0 Å². The van der Waals surface area contributed by atoms with Gasteiger partial charge in [0, 0.05) is 17.4 Å². The third-order valence-corrected chi connectivity index (χ3v) is 8.17. The van der Waals surface area contributed by atoms with Gasteiger partial charge in [0.2, 0.25) is 8.32 Å². The largest absolute Gasteiger partial charge is 0.544 e. The zero-order valence-corrected chi connectivity index (χ0v) is 16.4. The molecule has 0 bridgehead atoms. The number of likely N-dealkylation sites (N-methyl/N-ethyl adjacent to an activating group) is 2. The van der Waals surface area contributed by atoms with Gasteiger partial charge in [-0.05, 0) is 58.7 Å². The number of para-hydroxylation sites is 1. The third kappa shape index (κ3) is 3.12. The molecule has 0 spiro atoms. The Bertz CT molecular complexity index is 516. The monoisotopic (exact) mass is 336 g/mol. The molecule has 1 aliphatic heterocycles. The Balaban J connectivity index is 1.93. The van der Waals surface area contributed by atoms with E-state index >= 15 is 0 Å². The van der Waals surface area contributed by atoms with Gasteiger partial charge in [-0.15, -0.1) is 0 Å². The van der Waals surface area contributed by atoms with Gasteiger partial charge in [0.15, 0.2) is 0 Å². The lowest BCUT2D eigenvalue weighted by atomic mass is 9.91. The van der Waals surface area contributed by atoms with Crippen molar-refractivity contribution in [3.63, 3.8) is 0 Å². The van der Waals surface area contributed by atoms with Crippen molar-refractivity contribution < 1.29 is 4.43 Å². The van der Waals surface area contributed by atoms with E-state index < -0.39 is 16.5 Å². The van der Waals surface area contributed by atoms with Crippen LogP contribution in [0.3, 0.4) is 0 Å². The van der Waals surface area contributed by atoms with E-state index in [2.05, 4.69) is 67.3 Å². The highest BCUT2D eigenvalue weighted by Crippen LogP contribution is 2.55. The van der Waals surface area contributed by atoms with Crippen molar-refractivity contribution in [2.45, 2.75) is 57.4 Å². The molecule has 122 valence electrons. The minimum absolute atomic E-state index is 0.423. The molecule has 1 aromatic carbocycles. The standard InChI is InChI=1S/C17H29N2OPSi/c1-18-14-10-6-7-11-15(14)19(2)21(18)17-13-9-8-12-16(17)20-22(3,4)5/h8-9,12-15H,6-7,10-11H2,1-5H3/t14-,15-/m1/s1. The minimum atomic E-state index is -1.59. The zero-order valence-electron chi connectivity index (χ0n) is 14.5. The molecule has 0 amide bonds. The van der Waals surface area contributed by atoms with E-state index in [9.17, 15) is 0 Å². The van der Waals surface area contributed by atoms with Crippen LogP contribution in [-0.2, 0) is 0 Å². The fourth-order valence-corrected chi connectivity index (χ4v) is 7.53. The SMILES string of the molecule is CN1[C@@H]2CCCC[C@H]2N(C)P1c1ccccc1O[Si](C)(C)C. The van der Waals surface area contributed by atoms with Crippen LogP contribution >= 0.6 is 8.22 Å².